The predicted octanol–water partition coefficient (Wildman–Crippen LogP) is 4.05. The summed E-state index contributed by atoms with van der Waals surface area (Å²) in [5.41, 5.74) is 1.42. The molecule has 0 unspecified atom stereocenters. The van der Waals surface area contributed by atoms with Crippen LogP contribution in [0, 0.1) is 5.82 Å². The molecule has 1 N–H and O–H groups in total. The Morgan fingerprint density at radius 2 is 1.66 bits per heavy atom. The maximum Gasteiger partial charge on any atom is 0.244 e. The van der Waals surface area contributed by atoms with Gasteiger partial charge >= 0.3 is 0 Å². The number of halogens is 1. The zero-order valence-corrected chi connectivity index (χ0v) is 21.9. The number of hydrogen-bond donors (Lipinski definition) is 1. The molecule has 0 aromatic heterocycles. The molecule has 192 valence electrons. The zero-order chi connectivity index (χ0) is 26.2. The van der Waals surface area contributed by atoms with E-state index in [2.05, 4.69) is 5.32 Å². The third kappa shape index (κ3) is 7.78. The Balaban J connectivity index is 2.43. The number of carbonyl (C=O) groups excluding carboxylic acids is 2. The van der Waals surface area contributed by atoms with Gasteiger partial charge in [0.05, 0.1) is 11.9 Å². The molecule has 0 radical (unpaired) electrons. The van der Waals surface area contributed by atoms with Crippen LogP contribution < -0.4 is 9.62 Å². The van der Waals surface area contributed by atoms with Gasteiger partial charge in [-0.3, -0.25) is 13.9 Å². The molecule has 0 heterocycles. The van der Waals surface area contributed by atoms with Crippen LogP contribution in [0.5, 0.6) is 0 Å². The van der Waals surface area contributed by atoms with Crippen LogP contribution >= 0.6 is 0 Å². The summed E-state index contributed by atoms with van der Waals surface area (Å²) in [6.45, 7) is 7.22. The van der Waals surface area contributed by atoms with Gasteiger partial charge < -0.3 is 10.2 Å². The fraction of sp³-hybridized carbons (Fsp3) is 0.462. The molecule has 35 heavy (non-hydrogen) atoms. The van der Waals surface area contributed by atoms with Gasteiger partial charge in [0.1, 0.15) is 18.4 Å². The number of unbranched alkanes of at least 4 members (excludes halogenated alkanes) is 1. The SMILES string of the molecule is CCCCNC(=O)[C@@H](C)N(Cc1ccccc1F)C(=O)CN(c1ccccc1C(C)C)S(C)(=O)=O. The Morgan fingerprint density at radius 1 is 1.03 bits per heavy atom. The molecule has 0 bridgehead atoms. The van der Waals surface area contributed by atoms with E-state index in [0.717, 1.165) is 29.0 Å². The summed E-state index contributed by atoms with van der Waals surface area (Å²) in [6.07, 6.45) is 2.72. The molecule has 1 atom stereocenters. The summed E-state index contributed by atoms with van der Waals surface area (Å²) >= 11 is 0. The number of sulfonamides is 1. The van der Waals surface area contributed by atoms with Crippen molar-refractivity contribution in [2.24, 2.45) is 0 Å². The second-order valence-corrected chi connectivity index (χ2v) is 10.8. The number of nitrogens with zero attached hydrogens (tertiary/aromatic N) is 2. The first-order valence-electron chi connectivity index (χ1n) is 11.8. The monoisotopic (exact) mass is 505 g/mol. The minimum Gasteiger partial charge on any atom is -0.354 e. The Labute approximate surface area is 208 Å². The molecule has 0 fully saturated rings. The lowest BCUT2D eigenvalue weighted by atomic mass is 10.0. The van der Waals surface area contributed by atoms with Crippen LogP contribution in [0.4, 0.5) is 10.1 Å². The van der Waals surface area contributed by atoms with Gasteiger partial charge in [-0.25, -0.2) is 12.8 Å². The van der Waals surface area contributed by atoms with Crippen molar-refractivity contribution in [2.45, 2.75) is 59.0 Å². The number of nitrogens with one attached hydrogen (secondary N) is 1. The van der Waals surface area contributed by atoms with Gasteiger partial charge in [-0.15, -0.1) is 0 Å². The molecule has 0 aliphatic rings. The molecule has 2 rings (SSSR count). The maximum atomic E-state index is 14.4. The van der Waals surface area contributed by atoms with E-state index in [-0.39, 0.29) is 23.9 Å². The van der Waals surface area contributed by atoms with E-state index in [9.17, 15) is 22.4 Å². The van der Waals surface area contributed by atoms with Crippen LogP contribution in [-0.4, -0.2) is 50.5 Å². The second-order valence-electron chi connectivity index (χ2n) is 8.92. The van der Waals surface area contributed by atoms with E-state index in [0.29, 0.717) is 12.2 Å². The number of amides is 2. The van der Waals surface area contributed by atoms with E-state index in [1.54, 1.807) is 37.3 Å². The minimum absolute atomic E-state index is 0.0170. The summed E-state index contributed by atoms with van der Waals surface area (Å²) < 4.78 is 41.0. The van der Waals surface area contributed by atoms with E-state index < -0.39 is 34.3 Å². The van der Waals surface area contributed by atoms with Crippen molar-refractivity contribution in [1.82, 2.24) is 10.2 Å². The highest BCUT2D eigenvalue weighted by molar-refractivity contribution is 7.92. The first-order valence-corrected chi connectivity index (χ1v) is 13.7. The average Bonchev–Trinajstić information content (AvgIpc) is 2.80. The van der Waals surface area contributed by atoms with Gasteiger partial charge in [-0.2, -0.15) is 0 Å². The molecule has 0 spiro atoms. The van der Waals surface area contributed by atoms with E-state index in [4.69, 9.17) is 0 Å². The fourth-order valence-electron chi connectivity index (χ4n) is 3.73. The lowest BCUT2D eigenvalue weighted by Crippen LogP contribution is -2.51. The molecule has 7 nitrogen and oxygen atoms in total. The number of rotatable bonds is 12. The topological polar surface area (TPSA) is 86.8 Å². The van der Waals surface area contributed by atoms with Crippen molar-refractivity contribution in [1.29, 1.82) is 0 Å². The Morgan fingerprint density at radius 3 is 2.26 bits per heavy atom. The van der Waals surface area contributed by atoms with Crippen LogP contribution in [0.15, 0.2) is 48.5 Å². The maximum absolute atomic E-state index is 14.4. The Kier molecular flexibility index (Phi) is 10.2. The summed E-state index contributed by atoms with van der Waals surface area (Å²) in [6, 6.07) is 12.1. The zero-order valence-electron chi connectivity index (χ0n) is 21.1. The molecule has 0 saturated carbocycles. The van der Waals surface area contributed by atoms with Crippen LogP contribution in [0.2, 0.25) is 0 Å². The lowest BCUT2D eigenvalue weighted by molar-refractivity contribution is -0.139. The van der Waals surface area contributed by atoms with Gasteiger partial charge in [-0.05, 0) is 37.0 Å². The van der Waals surface area contributed by atoms with Crippen molar-refractivity contribution >= 4 is 27.5 Å². The van der Waals surface area contributed by atoms with E-state index in [1.165, 1.54) is 11.0 Å². The van der Waals surface area contributed by atoms with Gasteiger partial charge in [0, 0.05) is 18.7 Å². The van der Waals surface area contributed by atoms with Crippen molar-refractivity contribution in [2.75, 3.05) is 23.7 Å². The van der Waals surface area contributed by atoms with Crippen LogP contribution in [0.1, 0.15) is 57.6 Å². The third-order valence-electron chi connectivity index (χ3n) is 5.80. The quantitative estimate of drug-likeness (QED) is 0.441. The van der Waals surface area contributed by atoms with Crippen molar-refractivity contribution in [3.8, 4) is 0 Å². The molecule has 0 aliphatic carbocycles. The number of anilines is 1. The minimum atomic E-state index is -3.84. The molecule has 2 aromatic rings. The van der Waals surface area contributed by atoms with Gasteiger partial charge in [-0.1, -0.05) is 63.6 Å². The largest absolute Gasteiger partial charge is 0.354 e. The molecule has 0 saturated heterocycles. The van der Waals surface area contributed by atoms with Crippen molar-refractivity contribution in [3.63, 3.8) is 0 Å². The summed E-state index contributed by atoms with van der Waals surface area (Å²) in [7, 11) is -3.84. The highest BCUT2D eigenvalue weighted by atomic mass is 32.2. The highest BCUT2D eigenvalue weighted by Gasteiger charge is 2.31. The van der Waals surface area contributed by atoms with Gasteiger partial charge in [0.2, 0.25) is 21.8 Å². The highest BCUT2D eigenvalue weighted by Crippen LogP contribution is 2.29. The van der Waals surface area contributed by atoms with Crippen LogP contribution in [-0.2, 0) is 26.2 Å². The van der Waals surface area contributed by atoms with E-state index >= 15 is 0 Å². The second kappa shape index (κ2) is 12.7. The van der Waals surface area contributed by atoms with Crippen molar-refractivity contribution < 1.29 is 22.4 Å². The summed E-state index contributed by atoms with van der Waals surface area (Å²) in [5, 5.41) is 2.80. The summed E-state index contributed by atoms with van der Waals surface area (Å²) in [4.78, 5) is 27.6. The normalized spacial score (nSPS) is 12.3. The van der Waals surface area contributed by atoms with Gasteiger partial charge in [0.15, 0.2) is 0 Å². The molecular formula is C26H36FN3O4S. The predicted molar refractivity (Wildman–Crippen MR) is 137 cm³/mol. The lowest BCUT2D eigenvalue weighted by Gasteiger charge is -2.32. The fourth-order valence-corrected chi connectivity index (χ4v) is 4.59. The molecule has 9 heteroatoms. The number of para-hydroxylation sites is 1. The molecule has 2 amide bonds. The van der Waals surface area contributed by atoms with Crippen LogP contribution in [0.25, 0.3) is 0 Å². The molecular weight excluding hydrogens is 469 g/mol. The Hall–Kier alpha value is -2.94. The van der Waals surface area contributed by atoms with Crippen LogP contribution in [0.3, 0.4) is 0 Å². The Bertz CT molecular complexity index is 1120. The first-order chi connectivity index (χ1) is 16.5. The van der Waals surface area contributed by atoms with Crippen molar-refractivity contribution in [3.05, 3.63) is 65.5 Å². The molecule has 2 aromatic carbocycles. The summed E-state index contributed by atoms with van der Waals surface area (Å²) in [5.74, 6) is -1.47. The first kappa shape index (κ1) is 28.3. The number of carbonyl (C=O) groups is 2. The van der Waals surface area contributed by atoms with Gasteiger partial charge in [0.25, 0.3) is 0 Å². The van der Waals surface area contributed by atoms with E-state index in [1.807, 2.05) is 32.9 Å². The average molecular weight is 506 g/mol. The number of benzene rings is 2. The third-order valence-corrected chi connectivity index (χ3v) is 6.93. The smallest absolute Gasteiger partial charge is 0.244 e. The molecule has 0 aliphatic heterocycles. The number of hydrogen-bond acceptors (Lipinski definition) is 4. The standard InChI is InChI=1S/C26H36FN3O4S/c1-6-7-16-28-26(32)20(4)29(17-21-12-8-10-14-23(21)27)25(31)18-30(35(5,33)34)24-15-11-9-13-22(24)19(2)3/h8-15,19-20H,6-7,16-18H2,1-5H3,(H,28,32)/t20-/m1/s1.